The summed E-state index contributed by atoms with van der Waals surface area (Å²) in [5.74, 6) is 0. The number of nitrogens with zero attached hydrogens (tertiary/aromatic N) is 6. The summed E-state index contributed by atoms with van der Waals surface area (Å²) in [6, 6.07) is 129. The van der Waals surface area contributed by atoms with E-state index in [0.717, 1.165) is 101 Å². The van der Waals surface area contributed by atoms with Crippen molar-refractivity contribution in [1.82, 2.24) is 18.3 Å². The summed E-state index contributed by atoms with van der Waals surface area (Å²) >= 11 is 0. The Morgan fingerprint density at radius 2 is 0.485 bits per heavy atom. The van der Waals surface area contributed by atoms with E-state index in [1.54, 1.807) is 0 Å². The smallest absolute Gasteiger partial charge is 0.252 e. The van der Waals surface area contributed by atoms with Gasteiger partial charge in [0, 0.05) is 88.3 Å². The third-order valence-electron chi connectivity index (χ3n) is 20.9. The number of anilines is 6. The second kappa shape index (κ2) is 20.8. The summed E-state index contributed by atoms with van der Waals surface area (Å²) in [6.45, 7) is -0.183. The molecule has 0 radical (unpaired) electrons. The normalized spacial score (nSPS) is 12.7. The van der Waals surface area contributed by atoms with Crippen molar-refractivity contribution in [1.29, 1.82) is 0 Å². The quantitative estimate of drug-likeness (QED) is 0.142. The first-order valence-electron chi connectivity index (χ1n) is 33.5. The fourth-order valence-corrected chi connectivity index (χ4v) is 17.0. The third-order valence-corrected chi connectivity index (χ3v) is 20.9. The van der Waals surface area contributed by atoms with E-state index < -0.39 is 0 Å². The lowest BCUT2D eigenvalue weighted by Crippen LogP contribution is -2.61. The summed E-state index contributed by atoms with van der Waals surface area (Å²) < 4.78 is 10.1. The van der Waals surface area contributed by atoms with Crippen molar-refractivity contribution in [3.8, 4) is 45.0 Å². The molecule has 0 amide bonds. The fraction of sp³-hybridized carbons (Fsp3) is 0. The van der Waals surface area contributed by atoms with Gasteiger partial charge < -0.3 is 28.1 Å². The van der Waals surface area contributed by atoms with Gasteiger partial charge in [-0.1, -0.05) is 249 Å². The minimum Gasteiger partial charge on any atom is -0.311 e. The maximum absolute atomic E-state index is 2.59. The average Bonchev–Trinajstić information content (AvgIpc) is 0.734. The Morgan fingerprint density at radius 1 is 0.196 bits per heavy atom. The largest absolute Gasteiger partial charge is 0.311 e. The lowest BCUT2D eigenvalue weighted by atomic mass is 9.33. The minimum atomic E-state index is -0.183. The van der Waals surface area contributed by atoms with Gasteiger partial charge in [-0.05, 0) is 125 Å². The molecule has 4 aromatic heterocycles. The van der Waals surface area contributed by atoms with Gasteiger partial charge in [0.15, 0.2) is 0 Å². The van der Waals surface area contributed by atoms with E-state index in [4.69, 9.17) is 0 Å². The Hall–Kier alpha value is -12.8. The summed E-state index contributed by atoms with van der Waals surface area (Å²) in [7, 11) is 0. The van der Waals surface area contributed by atoms with E-state index in [-0.39, 0.29) is 6.71 Å². The molecule has 0 N–H and O–H groups in total. The Bertz CT molecular complexity index is 5990. The highest BCUT2D eigenvalue weighted by atomic mass is 15.2. The molecule has 2 aliphatic rings. The molecule has 19 aromatic rings. The van der Waals surface area contributed by atoms with Crippen LogP contribution in [0.2, 0.25) is 0 Å². The molecular weight excluding hydrogens is 1180 g/mol. The van der Waals surface area contributed by atoms with E-state index in [2.05, 4.69) is 374 Å². The van der Waals surface area contributed by atoms with Crippen LogP contribution in [0.15, 0.2) is 346 Å². The van der Waals surface area contributed by atoms with Crippen LogP contribution in [-0.2, 0) is 0 Å². The standard InChI is InChI=1S/C90H57BN6/c1-3-26-58(27-4-1)62-30-7-15-40-74(62)96-82-48-25-49-83-88(82)91(72-54-52-60(56-86(72)96)92-76-42-17-13-36-68(76)70-38-23-50-84(89(70)92)94-78-44-19-9-32-64(78)65-33-10-20-45-79(65)94)73-55-53-61(57-87(73)97(83)75-41-16-8-31-63(75)59-28-5-2-6-29-59)93-77-43-18-14-37-69(77)71-39-24-51-85(90(71)93)95-80-46-21-11-34-66(80)67-35-12-22-47-81(67)95/h1-57H. The van der Waals surface area contributed by atoms with Crippen LogP contribution < -0.4 is 26.2 Å². The SMILES string of the molecule is c1ccc(-c2ccccc2N2c3cc(-n4c5ccccc5c5cccc(-n6c7ccccc7c7ccccc76)c54)ccc3B3c4ccc(-n5c6ccccc6c6cccc(-n7c8ccccc8c8ccccc87)c65)cc4N(c4ccccc4-c4ccccc4)c4cccc2c43)cc1. The molecule has 7 heteroatoms. The number of benzene rings is 15. The molecule has 0 aliphatic carbocycles. The van der Waals surface area contributed by atoms with Gasteiger partial charge >= 0.3 is 0 Å². The topological polar surface area (TPSA) is 26.2 Å². The summed E-state index contributed by atoms with van der Waals surface area (Å²) in [4.78, 5) is 5.18. The molecule has 0 fully saturated rings. The number of para-hydroxylation sites is 10. The monoisotopic (exact) mass is 1230 g/mol. The molecule has 97 heavy (non-hydrogen) atoms. The molecule has 0 saturated heterocycles. The Labute approximate surface area is 559 Å². The van der Waals surface area contributed by atoms with Gasteiger partial charge in [-0.3, -0.25) is 0 Å². The van der Waals surface area contributed by atoms with Crippen LogP contribution in [-0.4, -0.2) is 25.0 Å². The molecule has 6 heterocycles. The molecule has 450 valence electrons. The zero-order chi connectivity index (χ0) is 63.4. The van der Waals surface area contributed by atoms with Crippen molar-refractivity contribution in [2.75, 3.05) is 9.80 Å². The highest BCUT2D eigenvalue weighted by molar-refractivity contribution is 7.00. The summed E-state index contributed by atoms with van der Waals surface area (Å²) in [5, 5.41) is 9.75. The fourth-order valence-electron chi connectivity index (χ4n) is 17.0. The Kier molecular flexibility index (Phi) is 11.5. The van der Waals surface area contributed by atoms with Gasteiger partial charge in [-0.15, -0.1) is 0 Å². The maximum atomic E-state index is 2.59. The van der Waals surface area contributed by atoms with E-state index in [1.807, 2.05) is 0 Å². The van der Waals surface area contributed by atoms with Crippen LogP contribution in [0.5, 0.6) is 0 Å². The minimum absolute atomic E-state index is 0.183. The summed E-state index contributed by atoms with van der Waals surface area (Å²) in [5.41, 5.74) is 28.8. The van der Waals surface area contributed by atoms with Gasteiger partial charge in [0.1, 0.15) is 0 Å². The van der Waals surface area contributed by atoms with Crippen LogP contribution in [0, 0.1) is 0 Å². The molecule has 0 unspecified atom stereocenters. The van der Waals surface area contributed by atoms with Crippen molar-refractivity contribution in [2.24, 2.45) is 0 Å². The molecule has 0 spiro atoms. The summed E-state index contributed by atoms with van der Waals surface area (Å²) in [6.07, 6.45) is 0. The number of hydrogen-bond acceptors (Lipinski definition) is 2. The van der Waals surface area contributed by atoms with Crippen LogP contribution >= 0.6 is 0 Å². The van der Waals surface area contributed by atoms with E-state index >= 15 is 0 Å². The maximum Gasteiger partial charge on any atom is 0.252 e. The lowest BCUT2D eigenvalue weighted by Gasteiger charge is -2.45. The van der Waals surface area contributed by atoms with Crippen molar-refractivity contribution < 1.29 is 0 Å². The average molecular weight is 1230 g/mol. The van der Waals surface area contributed by atoms with Gasteiger partial charge in [0.2, 0.25) is 0 Å². The van der Waals surface area contributed by atoms with Gasteiger partial charge in [-0.2, -0.15) is 0 Å². The van der Waals surface area contributed by atoms with Gasteiger partial charge in [-0.25, -0.2) is 0 Å². The van der Waals surface area contributed by atoms with Crippen LogP contribution in [0.3, 0.4) is 0 Å². The van der Waals surface area contributed by atoms with E-state index in [9.17, 15) is 0 Å². The van der Waals surface area contributed by atoms with Crippen molar-refractivity contribution in [3.63, 3.8) is 0 Å². The first-order chi connectivity index (χ1) is 48.2. The zero-order valence-electron chi connectivity index (χ0n) is 52.7. The molecule has 6 nitrogen and oxygen atoms in total. The molecule has 2 aliphatic heterocycles. The van der Waals surface area contributed by atoms with E-state index in [0.29, 0.717) is 0 Å². The number of rotatable bonds is 8. The second-order valence-electron chi connectivity index (χ2n) is 25.9. The Morgan fingerprint density at radius 3 is 0.876 bits per heavy atom. The predicted octanol–water partition coefficient (Wildman–Crippen LogP) is 21.5. The highest BCUT2D eigenvalue weighted by Crippen LogP contribution is 2.51. The molecule has 15 aromatic carbocycles. The van der Waals surface area contributed by atoms with E-state index in [1.165, 1.54) is 81.5 Å². The first-order valence-corrected chi connectivity index (χ1v) is 33.5. The molecule has 21 rings (SSSR count). The van der Waals surface area contributed by atoms with Crippen molar-refractivity contribution >= 4 is 144 Å². The number of fused-ring (bicyclic) bond motifs is 16. The van der Waals surface area contributed by atoms with Crippen molar-refractivity contribution in [3.05, 3.63) is 346 Å². The van der Waals surface area contributed by atoms with Crippen LogP contribution in [0.4, 0.5) is 34.1 Å². The zero-order valence-corrected chi connectivity index (χ0v) is 52.7. The highest BCUT2D eigenvalue weighted by Gasteiger charge is 2.44. The Balaban J connectivity index is 0.856. The predicted molar refractivity (Wildman–Crippen MR) is 409 cm³/mol. The second-order valence-corrected chi connectivity index (χ2v) is 25.9. The van der Waals surface area contributed by atoms with Crippen molar-refractivity contribution in [2.45, 2.75) is 0 Å². The van der Waals surface area contributed by atoms with Crippen LogP contribution in [0.1, 0.15) is 0 Å². The molecular formula is C90H57BN6. The van der Waals surface area contributed by atoms with Gasteiger partial charge in [0.05, 0.1) is 66.9 Å². The lowest BCUT2D eigenvalue weighted by molar-refractivity contribution is 1.13. The number of aromatic nitrogens is 4. The van der Waals surface area contributed by atoms with Gasteiger partial charge in [0.25, 0.3) is 6.71 Å². The third kappa shape index (κ3) is 7.68. The first kappa shape index (κ1) is 53.6. The molecule has 0 atom stereocenters. The molecule has 0 bridgehead atoms. The number of hydrogen-bond donors (Lipinski definition) is 0. The van der Waals surface area contributed by atoms with Crippen LogP contribution in [0.25, 0.3) is 132 Å². The molecule has 0 saturated carbocycles.